The molecule has 0 atom stereocenters. The van der Waals surface area contributed by atoms with Crippen molar-refractivity contribution in [3.63, 3.8) is 0 Å². The number of hydrogen-bond donors (Lipinski definition) is 1. The molecule has 4 rings (SSSR count). The molecule has 0 saturated carbocycles. The second-order valence-electron chi connectivity index (χ2n) is 7.47. The largest absolute Gasteiger partial charge is 0.490 e. The SMILES string of the molecule is CCOc1cc(/C=C2\C(=O)NC(=O)N(Cc3ccco3)C2=O)cc(Br)c1OCc1ccc(I)cc1. The van der Waals surface area contributed by atoms with Gasteiger partial charge in [0.05, 0.1) is 23.9 Å². The van der Waals surface area contributed by atoms with Gasteiger partial charge >= 0.3 is 6.03 Å². The van der Waals surface area contributed by atoms with Gasteiger partial charge in [-0.1, -0.05) is 12.1 Å². The van der Waals surface area contributed by atoms with Gasteiger partial charge in [0.2, 0.25) is 0 Å². The predicted octanol–water partition coefficient (Wildman–Crippen LogP) is 5.29. The molecule has 3 aromatic rings. The molecule has 0 bridgehead atoms. The maximum Gasteiger partial charge on any atom is 0.331 e. The second kappa shape index (κ2) is 11.1. The summed E-state index contributed by atoms with van der Waals surface area (Å²) in [4.78, 5) is 38.6. The lowest BCUT2D eigenvalue weighted by Gasteiger charge is -2.25. The van der Waals surface area contributed by atoms with Crippen LogP contribution in [0.25, 0.3) is 6.08 Å². The van der Waals surface area contributed by atoms with Crippen molar-refractivity contribution in [1.29, 1.82) is 0 Å². The fourth-order valence-electron chi connectivity index (χ4n) is 3.37. The van der Waals surface area contributed by atoms with Gasteiger partial charge in [0.25, 0.3) is 11.8 Å². The number of benzene rings is 2. The topological polar surface area (TPSA) is 98.1 Å². The molecule has 1 aliphatic heterocycles. The van der Waals surface area contributed by atoms with Crippen molar-refractivity contribution in [3.8, 4) is 11.5 Å². The number of rotatable bonds is 8. The Balaban J connectivity index is 1.61. The molecule has 4 amide bonds. The van der Waals surface area contributed by atoms with E-state index in [-0.39, 0.29) is 12.1 Å². The minimum Gasteiger partial charge on any atom is -0.490 e. The number of carbonyl (C=O) groups excluding carboxylic acids is 3. The Morgan fingerprint density at radius 2 is 1.89 bits per heavy atom. The van der Waals surface area contributed by atoms with Gasteiger partial charge in [-0.2, -0.15) is 0 Å². The van der Waals surface area contributed by atoms with E-state index in [9.17, 15) is 14.4 Å². The Labute approximate surface area is 223 Å². The van der Waals surface area contributed by atoms with Crippen LogP contribution in [0.5, 0.6) is 11.5 Å². The van der Waals surface area contributed by atoms with Crippen molar-refractivity contribution in [2.45, 2.75) is 20.1 Å². The summed E-state index contributed by atoms with van der Waals surface area (Å²) in [5.41, 5.74) is 1.34. The number of halogens is 2. The zero-order chi connectivity index (χ0) is 24.9. The van der Waals surface area contributed by atoms with Gasteiger partial charge in [-0.05, 0) is 99.0 Å². The molecular formula is C25H20BrIN2O6. The Morgan fingerprint density at radius 3 is 2.57 bits per heavy atom. The Morgan fingerprint density at radius 1 is 1.11 bits per heavy atom. The molecule has 1 fully saturated rings. The molecule has 0 unspecified atom stereocenters. The lowest BCUT2D eigenvalue weighted by atomic mass is 10.1. The highest BCUT2D eigenvalue weighted by molar-refractivity contribution is 14.1. The van der Waals surface area contributed by atoms with Crippen LogP contribution in [0.1, 0.15) is 23.8 Å². The van der Waals surface area contributed by atoms with Gasteiger partial charge in [-0.15, -0.1) is 0 Å². The van der Waals surface area contributed by atoms with Crippen LogP contribution in [0.2, 0.25) is 0 Å². The molecule has 0 spiro atoms. The van der Waals surface area contributed by atoms with Crippen molar-refractivity contribution in [3.05, 3.63) is 85.3 Å². The van der Waals surface area contributed by atoms with Crippen molar-refractivity contribution in [2.24, 2.45) is 0 Å². The number of hydrogen-bond acceptors (Lipinski definition) is 6. The third-order valence-electron chi connectivity index (χ3n) is 5.02. The maximum absolute atomic E-state index is 13.0. The summed E-state index contributed by atoms with van der Waals surface area (Å²) >= 11 is 5.75. The fraction of sp³-hybridized carbons (Fsp3) is 0.160. The van der Waals surface area contributed by atoms with Crippen LogP contribution < -0.4 is 14.8 Å². The fourth-order valence-corrected chi connectivity index (χ4v) is 4.31. The zero-order valence-electron chi connectivity index (χ0n) is 18.5. The van der Waals surface area contributed by atoms with E-state index >= 15 is 0 Å². The van der Waals surface area contributed by atoms with Gasteiger partial charge < -0.3 is 13.9 Å². The standard InChI is InChI=1S/C25H20BrIN2O6/c1-2-33-21-12-16(11-20(26)22(21)35-14-15-5-7-17(27)8-6-15)10-19-23(30)28-25(32)29(24(19)31)13-18-4-3-9-34-18/h3-12H,2,13-14H2,1H3,(H,28,30,32)/b19-10+. The molecule has 2 heterocycles. The molecule has 8 nitrogen and oxygen atoms in total. The van der Waals surface area contributed by atoms with Gasteiger partial charge in [0.15, 0.2) is 11.5 Å². The minimum absolute atomic E-state index is 0.0957. The molecule has 0 radical (unpaired) electrons. The van der Waals surface area contributed by atoms with Gasteiger partial charge in [0, 0.05) is 3.57 Å². The molecule has 0 aliphatic carbocycles. The lowest BCUT2D eigenvalue weighted by Crippen LogP contribution is -2.53. The normalized spacial score (nSPS) is 14.9. The van der Waals surface area contributed by atoms with E-state index in [1.807, 2.05) is 31.2 Å². The summed E-state index contributed by atoms with van der Waals surface area (Å²) in [6.45, 7) is 2.47. The molecule has 10 heteroatoms. The number of carbonyl (C=O) groups is 3. The molecular weight excluding hydrogens is 631 g/mol. The van der Waals surface area contributed by atoms with Crippen molar-refractivity contribution in [2.75, 3.05) is 6.61 Å². The van der Waals surface area contributed by atoms with Gasteiger partial charge in [-0.3, -0.25) is 19.8 Å². The summed E-state index contributed by atoms with van der Waals surface area (Å²) in [6.07, 6.45) is 2.86. The van der Waals surface area contributed by atoms with Gasteiger partial charge in [0.1, 0.15) is 17.9 Å². The van der Waals surface area contributed by atoms with E-state index < -0.39 is 17.8 Å². The van der Waals surface area contributed by atoms with Crippen molar-refractivity contribution >= 4 is 62.4 Å². The lowest BCUT2D eigenvalue weighted by molar-refractivity contribution is -0.130. The van der Waals surface area contributed by atoms with Crippen molar-refractivity contribution < 1.29 is 28.3 Å². The van der Waals surface area contributed by atoms with Crippen LogP contribution in [0, 0.1) is 3.57 Å². The number of nitrogens with one attached hydrogen (secondary N) is 1. The first-order chi connectivity index (χ1) is 16.9. The maximum atomic E-state index is 13.0. The van der Waals surface area contributed by atoms with Crippen LogP contribution in [0.4, 0.5) is 4.79 Å². The number of barbiturate groups is 1. The smallest absolute Gasteiger partial charge is 0.331 e. The molecule has 1 saturated heterocycles. The summed E-state index contributed by atoms with van der Waals surface area (Å²) in [5, 5.41) is 2.20. The number of imide groups is 2. The van der Waals surface area contributed by atoms with Crippen LogP contribution in [-0.2, 0) is 22.7 Å². The van der Waals surface area contributed by atoms with Crippen LogP contribution >= 0.6 is 38.5 Å². The first-order valence-corrected chi connectivity index (χ1v) is 12.5. The average Bonchev–Trinajstić information content (AvgIpc) is 3.34. The highest BCUT2D eigenvalue weighted by Gasteiger charge is 2.36. The second-order valence-corrected chi connectivity index (χ2v) is 9.57. The van der Waals surface area contributed by atoms with E-state index in [2.05, 4.69) is 43.8 Å². The molecule has 1 aromatic heterocycles. The van der Waals surface area contributed by atoms with E-state index in [1.165, 1.54) is 12.3 Å². The van der Waals surface area contributed by atoms with E-state index in [0.717, 1.165) is 14.0 Å². The third-order valence-corrected chi connectivity index (χ3v) is 6.33. The molecule has 1 aliphatic rings. The minimum atomic E-state index is -0.802. The predicted molar refractivity (Wildman–Crippen MR) is 140 cm³/mol. The van der Waals surface area contributed by atoms with Gasteiger partial charge in [-0.25, -0.2) is 4.79 Å². The molecule has 35 heavy (non-hydrogen) atoms. The average molecular weight is 651 g/mol. The highest BCUT2D eigenvalue weighted by atomic mass is 127. The first-order valence-electron chi connectivity index (χ1n) is 10.6. The number of furan rings is 1. The Bertz CT molecular complexity index is 1290. The number of ether oxygens (including phenoxy) is 2. The van der Waals surface area contributed by atoms with Crippen LogP contribution in [0.3, 0.4) is 0 Å². The van der Waals surface area contributed by atoms with E-state index in [1.54, 1.807) is 24.3 Å². The van der Waals surface area contributed by atoms with Crippen LogP contribution in [-0.4, -0.2) is 29.4 Å². The van der Waals surface area contributed by atoms with E-state index in [0.29, 0.717) is 40.5 Å². The zero-order valence-corrected chi connectivity index (χ0v) is 22.3. The molecule has 180 valence electrons. The molecule has 1 N–H and O–H groups in total. The highest BCUT2D eigenvalue weighted by Crippen LogP contribution is 2.38. The molecule has 2 aromatic carbocycles. The summed E-state index contributed by atoms with van der Waals surface area (Å²) < 4.78 is 18.7. The summed E-state index contributed by atoms with van der Waals surface area (Å²) in [5.74, 6) is -0.127. The quantitative estimate of drug-likeness (QED) is 0.202. The first kappa shape index (κ1) is 25.0. The third kappa shape index (κ3) is 5.93. The summed E-state index contributed by atoms with van der Waals surface area (Å²) in [6, 6.07) is 13.8. The van der Waals surface area contributed by atoms with E-state index in [4.69, 9.17) is 13.9 Å². The number of nitrogens with zero attached hydrogens (tertiary/aromatic N) is 1. The van der Waals surface area contributed by atoms with Crippen LogP contribution in [0.15, 0.2) is 69.3 Å². The van der Waals surface area contributed by atoms with Crippen molar-refractivity contribution in [1.82, 2.24) is 10.2 Å². The summed E-state index contributed by atoms with van der Waals surface area (Å²) in [7, 11) is 0. The number of amides is 4. The Kier molecular flexibility index (Phi) is 7.91. The number of urea groups is 1. The monoisotopic (exact) mass is 650 g/mol. The Hall–Kier alpha value is -3.12.